The van der Waals surface area contributed by atoms with Crippen molar-refractivity contribution in [2.45, 2.75) is 33.0 Å². The summed E-state index contributed by atoms with van der Waals surface area (Å²) in [6.45, 7) is 7.25. The smallest absolute Gasteiger partial charge is 0.379 e. The number of phenols is 2. The first kappa shape index (κ1) is 14.3. The van der Waals surface area contributed by atoms with E-state index >= 15 is 0 Å². The van der Waals surface area contributed by atoms with Gasteiger partial charge in [0.15, 0.2) is 18.6 Å². The fourth-order valence-corrected chi connectivity index (χ4v) is 2.03. The molecule has 0 fully saturated rings. The lowest BCUT2D eigenvalue weighted by Gasteiger charge is -2.19. The Balaban J connectivity index is 2.83. The summed E-state index contributed by atoms with van der Waals surface area (Å²) in [5, 5.41) is 29.8. The molecule has 0 spiro atoms. The number of fused-ring (bicyclic) bond motifs is 1. The molecule has 0 aliphatic rings. The van der Waals surface area contributed by atoms with Crippen LogP contribution in [0.1, 0.15) is 26.3 Å². The summed E-state index contributed by atoms with van der Waals surface area (Å²) >= 11 is 0. The number of aromatic hydroxyl groups is 3. The van der Waals surface area contributed by atoms with E-state index in [2.05, 4.69) is 0 Å². The lowest BCUT2D eigenvalue weighted by Crippen LogP contribution is -2.24. The van der Waals surface area contributed by atoms with Crippen LogP contribution in [0.2, 0.25) is 5.31 Å². The molecule has 1 radical (unpaired) electrons. The molecular weight excluding hydrogens is 259 g/mol. The molecule has 1 aromatic heterocycles. The third kappa shape index (κ3) is 2.33. The van der Waals surface area contributed by atoms with E-state index in [1.54, 1.807) is 7.28 Å². The zero-order valence-electron chi connectivity index (χ0n) is 11.8. The molecule has 0 amide bonds. The van der Waals surface area contributed by atoms with Crippen molar-refractivity contribution in [1.82, 2.24) is 0 Å². The van der Waals surface area contributed by atoms with Gasteiger partial charge in [0.1, 0.15) is 5.75 Å². The van der Waals surface area contributed by atoms with Gasteiger partial charge >= 0.3 is 5.63 Å². The van der Waals surface area contributed by atoms with Crippen LogP contribution in [0.4, 0.5) is 0 Å². The van der Waals surface area contributed by atoms with Crippen LogP contribution < -0.4 is 11.1 Å². The van der Waals surface area contributed by atoms with Gasteiger partial charge in [-0.05, 0) is 18.5 Å². The average molecular weight is 275 g/mol. The molecule has 2 rings (SSSR count). The molecule has 6 heteroatoms. The van der Waals surface area contributed by atoms with Crippen LogP contribution in [0.25, 0.3) is 11.0 Å². The average Bonchev–Trinajstić information content (AvgIpc) is 2.33. The van der Waals surface area contributed by atoms with Crippen LogP contribution in [0.5, 0.6) is 17.2 Å². The number of benzene rings is 1. The van der Waals surface area contributed by atoms with Gasteiger partial charge in [0.2, 0.25) is 5.75 Å². The molecule has 0 bridgehead atoms. The summed E-state index contributed by atoms with van der Waals surface area (Å²) in [6, 6.07) is 1.37. The Kier molecular flexibility index (Phi) is 3.20. The first-order valence-electron chi connectivity index (χ1n) is 6.19. The van der Waals surface area contributed by atoms with E-state index in [4.69, 9.17) is 4.42 Å². The minimum absolute atomic E-state index is 0.0430. The highest BCUT2D eigenvalue weighted by molar-refractivity contribution is 6.59. The maximum atomic E-state index is 11.5. The van der Waals surface area contributed by atoms with Crippen molar-refractivity contribution in [3.63, 3.8) is 0 Å². The molecule has 1 aromatic carbocycles. The van der Waals surface area contributed by atoms with E-state index in [-0.39, 0.29) is 33.4 Å². The van der Waals surface area contributed by atoms with E-state index in [0.29, 0.717) is 5.39 Å². The molecule has 0 saturated heterocycles. The Bertz CT molecular complexity index is 740. The summed E-state index contributed by atoms with van der Waals surface area (Å²) in [7, 11) is 1.68. The zero-order valence-corrected chi connectivity index (χ0v) is 11.8. The summed E-state index contributed by atoms with van der Waals surface area (Å²) in [6.07, 6.45) is 0. The van der Waals surface area contributed by atoms with Gasteiger partial charge in [-0.1, -0.05) is 26.1 Å². The lowest BCUT2D eigenvalue weighted by atomic mass is 9.51. The van der Waals surface area contributed by atoms with E-state index < -0.39 is 11.4 Å². The number of aryl methyl sites for hydroxylation is 1. The van der Waals surface area contributed by atoms with Gasteiger partial charge in [0.25, 0.3) is 0 Å². The minimum Gasteiger partial charge on any atom is -0.508 e. The predicted octanol–water partition coefficient (Wildman–Crippen LogP) is 1.77. The van der Waals surface area contributed by atoms with Crippen LogP contribution in [-0.4, -0.2) is 22.6 Å². The maximum Gasteiger partial charge on any atom is 0.379 e. The lowest BCUT2D eigenvalue weighted by molar-refractivity contribution is 0.412. The Labute approximate surface area is 116 Å². The molecule has 105 valence electrons. The van der Waals surface area contributed by atoms with Gasteiger partial charge in [-0.3, -0.25) is 0 Å². The van der Waals surface area contributed by atoms with Crippen LogP contribution in [-0.2, 0) is 0 Å². The molecule has 0 saturated carbocycles. The van der Waals surface area contributed by atoms with Crippen molar-refractivity contribution in [2.75, 3.05) is 0 Å². The van der Waals surface area contributed by atoms with Crippen LogP contribution >= 0.6 is 0 Å². The molecule has 2 aromatic rings. The topological polar surface area (TPSA) is 90.9 Å². The SMILES string of the molecule is Cc1c(O)c(=O)oc2c(O)c([B]C(C)(C)C)c(O)cc12. The highest BCUT2D eigenvalue weighted by atomic mass is 16.4. The van der Waals surface area contributed by atoms with E-state index in [1.165, 1.54) is 13.0 Å². The molecule has 5 nitrogen and oxygen atoms in total. The zero-order chi connectivity index (χ0) is 15.2. The van der Waals surface area contributed by atoms with E-state index in [1.807, 2.05) is 20.8 Å². The van der Waals surface area contributed by atoms with E-state index in [0.717, 1.165) is 0 Å². The van der Waals surface area contributed by atoms with Crippen LogP contribution in [0.3, 0.4) is 0 Å². The maximum absolute atomic E-state index is 11.5. The minimum atomic E-state index is -0.919. The van der Waals surface area contributed by atoms with Crippen molar-refractivity contribution >= 4 is 23.7 Å². The first-order chi connectivity index (χ1) is 9.11. The molecule has 0 atom stereocenters. The monoisotopic (exact) mass is 275 g/mol. The summed E-state index contributed by atoms with van der Waals surface area (Å²) in [5.74, 6) is -0.972. The van der Waals surface area contributed by atoms with Crippen molar-refractivity contribution in [3.8, 4) is 17.2 Å². The van der Waals surface area contributed by atoms with E-state index in [9.17, 15) is 20.1 Å². The Hall–Kier alpha value is -2.11. The molecule has 3 N–H and O–H groups in total. The number of hydrogen-bond donors (Lipinski definition) is 3. The molecule has 0 aliphatic carbocycles. The second-order valence-corrected chi connectivity index (χ2v) is 5.91. The molecule has 0 unspecified atom stereocenters. The largest absolute Gasteiger partial charge is 0.508 e. The van der Waals surface area contributed by atoms with Gasteiger partial charge in [-0.15, -0.1) is 0 Å². The molecule has 1 heterocycles. The number of rotatable bonds is 1. The van der Waals surface area contributed by atoms with Crippen LogP contribution in [0.15, 0.2) is 15.3 Å². The third-order valence-corrected chi connectivity index (χ3v) is 3.00. The van der Waals surface area contributed by atoms with Crippen molar-refractivity contribution in [2.24, 2.45) is 0 Å². The summed E-state index contributed by atoms with van der Waals surface area (Å²) in [5.41, 5.74) is -0.501. The Morgan fingerprint density at radius 2 is 1.75 bits per heavy atom. The standard InChI is InChI=1S/C14H16BO5/c1-6-7-5-8(16)9(15-14(2,3)4)11(18)12(7)20-13(19)10(6)17/h5,16-18H,1-4H3. The highest BCUT2D eigenvalue weighted by Gasteiger charge is 2.23. The number of hydrogen-bond acceptors (Lipinski definition) is 5. The van der Waals surface area contributed by atoms with Gasteiger partial charge in [-0.2, -0.15) is 0 Å². The van der Waals surface area contributed by atoms with Gasteiger partial charge in [0.05, 0.1) is 0 Å². The second-order valence-electron chi connectivity index (χ2n) is 5.91. The van der Waals surface area contributed by atoms with Gasteiger partial charge < -0.3 is 19.7 Å². The molecule has 20 heavy (non-hydrogen) atoms. The first-order valence-corrected chi connectivity index (χ1v) is 6.19. The highest BCUT2D eigenvalue weighted by Crippen LogP contribution is 2.33. The van der Waals surface area contributed by atoms with Crippen LogP contribution in [0, 0.1) is 6.92 Å². The molecular formula is C14H16BO5. The fourth-order valence-electron chi connectivity index (χ4n) is 2.03. The summed E-state index contributed by atoms with van der Waals surface area (Å²) < 4.78 is 4.93. The van der Waals surface area contributed by atoms with Gasteiger partial charge in [0, 0.05) is 10.9 Å². The summed E-state index contributed by atoms with van der Waals surface area (Å²) in [4.78, 5) is 11.5. The third-order valence-electron chi connectivity index (χ3n) is 3.00. The normalized spacial score (nSPS) is 11.8. The van der Waals surface area contributed by atoms with Crippen molar-refractivity contribution < 1.29 is 19.7 Å². The molecule has 0 aliphatic heterocycles. The predicted molar refractivity (Wildman–Crippen MR) is 77.3 cm³/mol. The fraction of sp³-hybridized carbons (Fsp3) is 0.357. The Morgan fingerprint density at radius 3 is 2.30 bits per heavy atom. The van der Waals surface area contributed by atoms with Gasteiger partial charge in [-0.25, -0.2) is 4.79 Å². The quantitative estimate of drug-likeness (QED) is 0.545. The van der Waals surface area contributed by atoms with Crippen molar-refractivity contribution in [3.05, 3.63) is 22.0 Å². The Morgan fingerprint density at radius 1 is 1.15 bits per heavy atom. The number of phenolic OH excluding ortho intramolecular Hbond substituents is 2. The second kappa shape index (κ2) is 4.47. The van der Waals surface area contributed by atoms with Crippen molar-refractivity contribution in [1.29, 1.82) is 0 Å².